The van der Waals surface area contributed by atoms with Gasteiger partial charge in [-0.05, 0) is 44.2 Å². The number of piperidine rings is 1. The number of nitrogens with zero attached hydrogens (tertiary/aromatic N) is 3. The standard InChI is InChI=1S/C19H24N4O/c1-13-6-7-16(15(3)9-13)22-19(24)17-10-18(21-12-20-17)23-8-4-5-14(2)11-23/h6-7,9-10,12,14H,4-5,8,11H2,1-3H3,(H,22,24). The number of carbonyl (C=O) groups excluding carboxylic acids is 1. The van der Waals surface area contributed by atoms with Gasteiger partial charge in [-0.2, -0.15) is 0 Å². The summed E-state index contributed by atoms with van der Waals surface area (Å²) >= 11 is 0. The molecule has 0 aliphatic carbocycles. The Labute approximate surface area is 143 Å². The number of hydrogen-bond acceptors (Lipinski definition) is 4. The number of hydrogen-bond donors (Lipinski definition) is 1. The molecule has 1 aromatic carbocycles. The van der Waals surface area contributed by atoms with Crippen LogP contribution in [0, 0.1) is 19.8 Å². The van der Waals surface area contributed by atoms with Crippen molar-refractivity contribution in [2.24, 2.45) is 5.92 Å². The van der Waals surface area contributed by atoms with Crippen molar-refractivity contribution >= 4 is 17.4 Å². The zero-order chi connectivity index (χ0) is 17.1. The summed E-state index contributed by atoms with van der Waals surface area (Å²) in [7, 11) is 0. The number of nitrogens with one attached hydrogen (secondary N) is 1. The van der Waals surface area contributed by atoms with Crippen LogP contribution in [-0.2, 0) is 0 Å². The second-order valence-corrected chi connectivity index (χ2v) is 6.73. The van der Waals surface area contributed by atoms with E-state index in [-0.39, 0.29) is 5.91 Å². The van der Waals surface area contributed by atoms with E-state index >= 15 is 0 Å². The van der Waals surface area contributed by atoms with E-state index < -0.39 is 0 Å². The Morgan fingerprint density at radius 3 is 2.83 bits per heavy atom. The molecule has 3 rings (SSSR count). The third-order valence-corrected chi connectivity index (χ3v) is 4.50. The molecule has 1 aliphatic heterocycles. The lowest BCUT2D eigenvalue weighted by molar-refractivity contribution is 0.102. The van der Waals surface area contributed by atoms with Crippen LogP contribution in [0.25, 0.3) is 0 Å². The first-order valence-electron chi connectivity index (χ1n) is 8.48. The molecular weight excluding hydrogens is 300 g/mol. The van der Waals surface area contributed by atoms with Crippen molar-refractivity contribution in [1.29, 1.82) is 0 Å². The third kappa shape index (κ3) is 3.72. The van der Waals surface area contributed by atoms with Gasteiger partial charge < -0.3 is 10.2 Å². The lowest BCUT2D eigenvalue weighted by Gasteiger charge is -2.31. The van der Waals surface area contributed by atoms with Crippen LogP contribution in [0.4, 0.5) is 11.5 Å². The van der Waals surface area contributed by atoms with Gasteiger partial charge in [0.15, 0.2) is 0 Å². The van der Waals surface area contributed by atoms with Crippen molar-refractivity contribution in [3.05, 3.63) is 47.4 Å². The van der Waals surface area contributed by atoms with E-state index in [1.165, 1.54) is 18.3 Å². The van der Waals surface area contributed by atoms with Crippen molar-refractivity contribution in [1.82, 2.24) is 9.97 Å². The molecule has 24 heavy (non-hydrogen) atoms. The second kappa shape index (κ2) is 6.99. The maximum atomic E-state index is 12.5. The Bertz CT molecular complexity index is 744. The first-order valence-corrected chi connectivity index (χ1v) is 8.48. The Hall–Kier alpha value is -2.43. The molecule has 1 fully saturated rings. The maximum absolute atomic E-state index is 12.5. The van der Waals surface area contributed by atoms with Crippen molar-refractivity contribution < 1.29 is 4.79 Å². The van der Waals surface area contributed by atoms with E-state index in [0.29, 0.717) is 11.6 Å². The van der Waals surface area contributed by atoms with Crippen molar-refractivity contribution in [3.8, 4) is 0 Å². The van der Waals surface area contributed by atoms with Crippen LogP contribution in [0.3, 0.4) is 0 Å². The molecule has 5 nitrogen and oxygen atoms in total. The average Bonchev–Trinajstić information content (AvgIpc) is 2.57. The summed E-state index contributed by atoms with van der Waals surface area (Å²) in [4.78, 5) is 23.3. The van der Waals surface area contributed by atoms with Gasteiger partial charge in [0.2, 0.25) is 0 Å². The summed E-state index contributed by atoms with van der Waals surface area (Å²) in [6.07, 6.45) is 3.89. The van der Waals surface area contributed by atoms with Gasteiger partial charge in [0.05, 0.1) is 0 Å². The van der Waals surface area contributed by atoms with Gasteiger partial charge in [-0.15, -0.1) is 0 Å². The quantitative estimate of drug-likeness (QED) is 0.937. The number of carbonyl (C=O) groups is 1. The first-order chi connectivity index (χ1) is 11.5. The number of anilines is 2. The van der Waals surface area contributed by atoms with Gasteiger partial charge >= 0.3 is 0 Å². The molecular formula is C19H24N4O. The van der Waals surface area contributed by atoms with Gasteiger partial charge in [-0.1, -0.05) is 24.6 Å². The molecule has 0 spiro atoms. The fraction of sp³-hybridized carbons (Fsp3) is 0.421. The van der Waals surface area contributed by atoms with E-state index in [1.807, 2.05) is 26.0 Å². The Kier molecular flexibility index (Phi) is 4.79. The number of amides is 1. The van der Waals surface area contributed by atoms with Gasteiger partial charge in [0.1, 0.15) is 17.8 Å². The van der Waals surface area contributed by atoms with Gasteiger partial charge in [-0.3, -0.25) is 4.79 Å². The van der Waals surface area contributed by atoms with E-state index in [9.17, 15) is 4.79 Å². The minimum Gasteiger partial charge on any atom is -0.356 e. The van der Waals surface area contributed by atoms with E-state index in [0.717, 1.165) is 36.6 Å². The molecule has 1 N–H and O–H groups in total. The van der Waals surface area contributed by atoms with Crippen LogP contribution in [0.2, 0.25) is 0 Å². The predicted octanol–water partition coefficient (Wildman–Crippen LogP) is 3.58. The summed E-state index contributed by atoms with van der Waals surface area (Å²) < 4.78 is 0. The lowest BCUT2D eigenvalue weighted by Crippen LogP contribution is -2.35. The summed E-state index contributed by atoms with van der Waals surface area (Å²) in [5, 5.41) is 2.94. The highest BCUT2D eigenvalue weighted by Gasteiger charge is 2.19. The molecule has 1 unspecified atom stereocenters. The Morgan fingerprint density at radius 1 is 1.25 bits per heavy atom. The molecule has 5 heteroatoms. The molecule has 1 aromatic heterocycles. The molecule has 1 amide bonds. The predicted molar refractivity (Wildman–Crippen MR) is 96.5 cm³/mol. The number of aryl methyl sites for hydroxylation is 2. The smallest absolute Gasteiger partial charge is 0.274 e. The fourth-order valence-corrected chi connectivity index (χ4v) is 3.18. The number of aromatic nitrogens is 2. The van der Waals surface area contributed by atoms with Crippen LogP contribution in [0.1, 0.15) is 41.4 Å². The molecule has 2 heterocycles. The Morgan fingerprint density at radius 2 is 2.08 bits per heavy atom. The van der Waals surface area contributed by atoms with Crippen molar-refractivity contribution in [3.63, 3.8) is 0 Å². The zero-order valence-corrected chi connectivity index (χ0v) is 14.5. The SMILES string of the molecule is Cc1ccc(NC(=O)c2cc(N3CCCC(C)C3)ncn2)c(C)c1. The topological polar surface area (TPSA) is 58.1 Å². The normalized spacial score (nSPS) is 17.6. The third-order valence-electron chi connectivity index (χ3n) is 4.50. The van der Waals surface area contributed by atoms with Crippen LogP contribution in [-0.4, -0.2) is 29.0 Å². The summed E-state index contributed by atoms with van der Waals surface area (Å²) in [6, 6.07) is 7.76. The number of benzene rings is 1. The van der Waals surface area contributed by atoms with Crippen molar-refractivity contribution in [2.75, 3.05) is 23.3 Å². The van der Waals surface area contributed by atoms with Crippen LogP contribution < -0.4 is 10.2 Å². The molecule has 0 saturated carbocycles. The van der Waals surface area contributed by atoms with Gasteiger partial charge in [0.25, 0.3) is 5.91 Å². The Balaban J connectivity index is 1.76. The largest absolute Gasteiger partial charge is 0.356 e. The first kappa shape index (κ1) is 16.4. The van der Waals surface area contributed by atoms with Gasteiger partial charge in [-0.25, -0.2) is 9.97 Å². The second-order valence-electron chi connectivity index (χ2n) is 6.73. The minimum absolute atomic E-state index is 0.198. The van der Waals surface area contributed by atoms with E-state index in [2.05, 4.69) is 33.2 Å². The molecule has 1 atom stereocenters. The van der Waals surface area contributed by atoms with Crippen LogP contribution in [0.15, 0.2) is 30.6 Å². The molecule has 126 valence electrons. The van der Waals surface area contributed by atoms with E-state index in [4.69, 9.17) is 0 Å². The van der Waals surface area contributed by atoms with Crippen LogP contribution in [0.5, 0.6) is 0 Å². The maximum Gasteiger partial charge on any atom is 0.274 e. The summed E-state index contributed by atoms with van der Waals surface area (Å²) in [5.74, 6) is 1.29. The zero-order valence-electron chi connectivity index (χ0n) is 14.5. The summed E-state index contributed by atoms with van der Waals surface area (Å²) in [6.45, 7) is 8.24. The lowest BCUT2D eigenvalue weighted by atomic mass is 10.0. The number of rotatable bonds is 3. The monoisotopic (exact) mass is 324 g/mol. The molecule has 0 bridgehead atoms. The van der Waals surface area contributed by atoms with Gasteiger partial charge in [0, 0.05) is 24.8 Å². The highest BCUT2D eigenvalue weighted by atomic mass is 16.1. The molecule has 1 aliphatic rings. The fourth-order valence-electron chi connectivity index (χ4n) is 3.18. The average molecular weight is 324 g/mol. The van der Waals surface area contributed by atoms with Crippen molar-refractivity contribution in [2.45, 2.75) is 33.6 Å². The minimum atomic E-state index is -0.198. The highest BCUT2D eigenvalue weighted by Crippen LogP contribution is 2.22. The molecule has 1 saturated heterocycles. The molecule has 0 radical (unpaired) electrons. The molecule has 2 aromatic rings. The highest BCUT2D eigenvalue weighted by molar-refractivity contribution is 6.03. The van der Waals surface area contributed by atoms with E-state index in [1.54, 1.807) is 6.07 Å². The summed E-state index contributed by atoms with van der Waals surface area (Å²) in [5.41, 5.74) is 3.44. The van der Waals surface area contributed by atoms with Crippen LogP contribution >= 0.6 is 0 Å².